The van der Waals surface area contributed by atoms with Crippen LogP contribution in [0, 0.1) is 6.92 Å². The normalized spacial score (nSPS) is 19.8. The highest BCUT2D eigenvalue weighted by Crippen LogP contribution is 2.36. The molecule has 3 rings (SSSR count). The van der Waals surface area contributed by atoms with Gasteiger partial charge in [-0.15, -0.1) is 10.2 Å². The molecule has 3 nitrogen and oxygen atoms in total. The minimum atomic E-state index is 0.476. The zero-order valence-corrected chi connectivity index (χ0v) is 10.7. The number of benzene rings is 1. The lowest BCUT2D eigenvalue weighted by atomic mass is 10.1. The lowest BCUT2D eigenvalue weighted by Gasteiger charge is -2.23. The van der Waals surface area contributed by atoms with E-state index < -0.39 is 0 Å². The number of nitrogens with zero attached hydrogens (tertiary/aromatic N) is 3. The Kier molecular flexibility index (Phi) is 2.81. The summed E-state index contributed by atoms with van der Waals surface area (Å²) in [6, 6.07) is 11.2. The summed E-state index contributed by atoms with van der Waals surface area (Å²) >= 11 is 1.69. The average Bonchev–Trinajstić information content (AvgIpc) is 2.98. The molecule has 2 heterocycles. The summed E-state index contributed by atoms with van der Waals surface area (Å²) < 4.78 is 0. The third kappa shape index (κ3) is 2.05. The van der Waals surface area contributed by atoms with Crippen LogP contribution in [0.5, 0.6) is 0 Å². The molecule has 0 saturated carbocycles. The third-order valence-electron chi connectivity index (χ3n) is 3.20. The van der Waals surface area contributed by atoms with Gasteiger partial charge in [-0.25, -0.2) is 0 Å². The molecule has 0 bridgehead atoms. The molecule has 17 heavy (non-hydrogen) atoms. The van der Waals surface area contributed by atoms with Crippen molar-refractivity contribution in [1.29, 1.82) is 0 Å². The van der Waals surface area contributed by atoms with Crippen LogP contribution in [0.2, 0.25) is 0 Å². The van der Waals surface area contributed by atoms with Gasteiger partial charge in [-0.2, -0.15) is 0 Å². The summed E-state index contributed by atoms with van der Waals surface area (Å²) in [6.45, 7) is 3.10. The van der Waals surface area contributed by atoms with Crippen LogP contribution < -0.4 is 4.90 Å². The Bertz CT molecular complexity index is 494. The Hall–Kier alpha value is -1.42. The largest absolute Gasteiger partial charge is 0.340 e. The van der Waals surface area contributed by atoms with Gasteiger partial charge in [0.2, 0.25) is 5.13 Å². The molecular weight excluding hydrogens is 230 g/mol. The maximum atomic E-state index is 4.27. The van der Waals surface area contributed by atoms with E-state index >= 15 is 0 Å². The van der Waals surface area contributed by atoms with Crippen LogP contribution in [-0.4, -0.2) is 16.7 Å². The number of hydrogen-bond acceptors (Lipinski definition) is 4. The predicted molar refractivity (Wildman–Crippen MR) is 70.4 cm³/mol. The lowest BCUT2D eigenvalue weighted by molar-refractivity contribution is 0.713. The van der Waals surface area contributed by atoms with Crippen LogP contribution in [0.25, 0.3) is 0 Å². The van der Waals surface area contributed by atoms with Crippen molar-refractivity contribution >= 4 is 16.5 Å². The number of aromatic nitrogens is 2. The van der Waals surface area contributed by atoms with Crippen LogP contribution in [0.15, 0.2) is 30.3 Å². The van der Waals surface area contributed by atoms with Crippen molar-refractivity contribution in [3.8, 4) is 0 Å². The van der Waals surface area contributed by atoms with Gasteiger partial charge in [0.15, 0.2) is 0 Å². The first-order chi connectivity index (χ1) is 8.34. The van der Waals surface area contributed by atoms with E-state index in [2.05, 4.69) is 45.4 Å². The Morgan fingerprint density at radius 1 is 1.24 bits per heavy atom. The summed E-state index contributed by atoms with van der Waals surface area (Å²) in [5, 5.41) is 10.5. The summed E-state index contributed by atoms with van der Waals surface area (Å²) in [7, 11) is 0. The maximum absolute atomic E-state index is 4.27. The van der Waals surface area contributed by atoms with Crippen LogP contribution >= 0.6 is 11.3 Å². The second-order valence-electron chi connectivity index (χ2n) is 4.37. The average molecular weight is 245 g/mol. The number of anilines is 1. The number of aryl methyl sites for hydroxylation is 1. The topological polar surface area (TPSA) is 29.0 Å². The van der Waals surface area contributed by atoms with Crippen molar-refractivity contribution < 1.29 is 0 Å². The van der Waals surface area contributed by atoms with Crippen molar-refractivity contribution in [1.82, 2.24) is 10.2 Å². The monoisotopic (exact) mass is 245 g/mol. The molecule has 1 saturated heterocycles. The Labute approximate surface area is 105 Å². The van der Waals surface area contributed by atoms with Crippen LogP contribution in [-0.2, 0) is 0 Å². The summed E-state index contributed by atoms with van der Waals surface area (Å²) in [5.41, 5.74) is 1.39. The zero-order chi connectivity index (χ0) is 11.7. The van der Waals surface area contributed by atoms with Gasteiger partial charge in [-0.3, -0.25) is 0 Å². The van der Waals surface area contributed by atoms with E-state index in [1.165, 1.54) is 18.4 Å². The first kappa shape index (κ1) is 10.7. The minimum Gasteiger partial charge on any atom is -0.340 e. The standard InChI is InChI=1S/C13H15N3S/c1-10-14-15-13(17-10)16-9-5-8-12(16)11-6-3-2-4-7-11/h2-4,6-7,12H,5,8-9H2,1H3. The summed E-state index contributed by atoms with van der Waals surface area (Å²) in [5.74, 6) is 0. The molecule has 1 unspecified atom stereocenters. The van der Waals surface area contributed by atoms with Crippen molar-refractivity contribution in [3.63, 3.8) is 0 Å². The molecule has 0 radical (unpaired) electrons. The fourth-order valence-electron chi connectivity index (χ4n) is 2.42. The molecule has 0 amide bonds. The summed E-state index contributed by atoms with van der Waals surface area (Å²) in [6.07, 6.45) is 2.45. The zero-order valence-electron chi connectivity index (χ0n) is 9.84. The molecule has 0 N–H and O–H groups in total. The number of hydrogen-bond donors (Lipinski definition) is 0. The van der Waals surface area contributed by atoms with Gasteiger partial charge in [0, 0.05) is 6.54 Å². The van der Waals surface area contributed by atoms with E-state index in [0.717, 1.165) is 16.7 Å². The van der Waals surface area contributed by atoms with E-state index in [9.17, 15) is 0 Å². The van der Waals surface area contributed by atoms with E-state index in [-0.39, 0.29) is 0 Å². The van der Waals surface area contributed by atoms with Crippen molar-refractivity contribution in [2.24, 2.45) is 0 Å². The molecule has 4 heteroatoms. The maximum Gasteiger partial charge on any atom is 0.208 e. The van der Waals surface area contributed by atoms with Crippen LogP contribution in [0.3, 0.4) is 0 Å². The number of rotatable bonds is 2. The Balaban J connectivity index is 1.90. The third-order valence-corrected chi connectivity index (χ3v) is 4.07. The fraction of sp³-hybridized carbons (Fsp3) is 0.385. The molecule has 1 aromatic carbocycles. The van der Waals surface area contributed by atoms with Gasteiger partial charge in [0.1, 0.15) is 5.01 Å². The smallest absolute Gasteiger partial charge is 0.208 e. The quantitative estimate of drug-likeness (QED) is 0.813. The Morgan fingerprint density at radius 2 is 2.06 bits per heavy atom. The molecule has 0 spiro atoms. The van der Waals surface area contributed by atoms with E-state index in [0.29, 0.717) is 6.04 Å². The van der Waals surface area contributed by atoms with E-state index in [1.807, 2.05) is 6.92 Å². The molecule has 1 aromatic heterocycles. The minimum absolute atomic E-state index is 0.476. The second kappa shape index (κ2) is 4.45. The van der Waals surface area contributed by atoms with Crippen molar-refractivity contribution in [3.05, 3.63) is 40.9 Å². The Morgan fingerprint density at radius 3 is 2.76 bits per heavy atom. The first-order valence-electron chi connectivity index (χ1n) is 5.96. The van der Waals surface area contributed by atoms with E-state index in [1.54, 1.807) is 11.3 Å². The predicted octanol–water partition coefficient (Wildman–Crippen LogP) is 3.19. The van der Waals surface area contributed by atoms with Gasteiger partial charge in [0.05, 0.1) is 6.04 Å². The van der Waals surface area contributed by atoms with Crippen LogP contribution in [0.4, 0.5) is 5.13 Å². The van der Waals surface area contributed by atoms with Crippen LogP contribution in [0.1, 0.15) is 29.5 Å². The first-order valence-corrected chi connectivity index (χ1v) is 6.78. The molecule has 1 fully saturated rings. The fourth-order valence-corrected chi connectivity index (χ4v) is 3.18. The SMILES string of the molecule is Cc1nnc(N2CCCC2c2ccccc2)s1. The van der Waals surface area contributed by atoms with Gasteiger partial charge in [-0.1, -0.05) is 41.7 Å². The van der Waals surface area contributed by atoms with Gasteiger partial charge < -0.3 is 4.90 Å². The highest BCUT2D eigenvalue weighted by molar-refractivity contribution is 7.15. The molecular formula is C13H15N3S. The van der Waals surface area contributed by atoms with Crippen molar-refractivity contribution in [2.75, 3.05) is 11.4 Å². The van der Waals surface area contributed by atoms with Gasteiger partial charge in [-0.05, 0) is 25.3 Å². The van der Waals surface area contributed by atoms with Gasteiger partial charge >= 0.3 is 0 Å². The highest BCUT2D eigenvalue weighted by Gasteiger charge is 2.28. The van der Waals surface area contributed by atoms with Gasteiger partial charge in [0.25, 0.3) is 0 Å². The molecule has 1 aliphatic heterocycles. The molecule has 88 valence electrons. The van der Waals surface area contributed by atoms with E-state index in [4.69, 9.17) is 0 Å². The van der Waals surface area contributed by atoms with Crippen molar-refractivity contribution in [2.45, 2.75) is 25.8 Å². The highest BCUT2D eigenvalue weighted by atomic mass is 32.1. The molecule has 0 aliphatic carbocycles. The summed E-state index contributed by atoms with van der Waals surface area (Å²) in [4.78, 5) is 2.39. The molecule has 1 aliphatic rings. The second-order valence-corrected chi connectivity index (χ2v) is 5.53. The lowest BCUT2D eigenvalue weighted by Crippen LogP contribution is -2.22. The molecule has 2 aromatic rings. The molecule has 1 atom stereocenters.